The smallest absolute Gasteiger partial charge is 0.272 e. The summed E-state index contributed by atoms with van der Waals surface area (Å²) in [6, 6.07) is 9.17. The number of benzene rings is 1. The molecule has 10 heteroatoms. The van der Waals surface area contributed by atoms with Gasteiger partial charge in [-0.15, -0.1) is 15.3 Å². The Balaban J connectivity index is 1.73. The van der Waals surface area contributed by atoms with E-state index in [0.717, 1.165) is 11.4 Å². The number of thioether (sulfide) groups is 1. The number of fused-ring (bicyclic) bond motifs is 1. The van der Waals surface area contributed by atoms with E-state index in [2.05, 4.69) is 35.6 Å². The van der Waals surface area contributed by atoms with Gasteiger partial charge in [0, 0.05) is 6.20 Å². The highest BCUT2D eigenvalue weighted by Crippen LogP contribution is 2.25. The molecule has 0 atom stereocenters. The summed E-state index contributed by atoms with van der Waals surface area (Å²) in [5, 5.41) is 17.2. The number of anilines is 2. The molecule has 0 spiro atoms. The van der Waals surface area contributed by atoms with Crippen LogP contribution in [-0.2, 0) is 0 Å². The van der Waals surface area contributed by atoms with Gasteiger partial charge in [0.25, 0.3) is 5.78 Å². The van der Waals surface area contributed by atoms with Crippen LogP contribution < -0.4 is 5.32 Å². The van der Waals surface area contributed by atoms with Gasteiger partial charge in [-0.1, -0.05) is 35.5 Å². The highest BCUT2D eigenvalue weighted by Gasteiger charge is 2.14. The maximum atomic E-state index is 6.18. The van der Waals surface area contributed by atoms with Gasteiger partial charge >= 0.3 is 0 Å². The molecule has 4 rings (SSSR count). The molecule has 3 heterocycles. The first-order valence-electron chi connectivity index (χ1n) is 7.64. The second-order valence-electron chi connectivity index (χ2n) is 5.31. The summed E-state index contributed by atoms with van der Waals surface area (Å²) in [7, 11) is 0. The molecule has 0 fully saturated rings. The summed E-state index contributed by atoms with van der Waals surface area (Å²) in [6.07, 6.45) is 3.57. The van der Waals surface area contributed by atoms with Crippen LogP contribution >= 0.6 is 23.4 Å². The molecule has 0 amide bonds. The maximum absolute atomic E-state index is 6.18. The van der Waals surface area contributed by atoms with Crippen LogP contribution in [0.25, 0.3) is 17.2 Å². The van der Waals surface area contributed by atoms with Gasteiger partial charge in [0.2, 0.25) is 11.1 Å². The zero-order valence-corrected chi connectivity index (χ0v) is 15.5. The minimum absolute atomic E-state index is 0.417. The molecule has 0 saturated carbocycles. The lowest BCUT2D eigenvalue weighted by atomic mass is 10.2. The molecular weight excluding hydrogens is 372 g/mol. The molecule has 0 aliphatic heterocycles. The zero-order valence-electron chi connectivity index (χ0n) is 13.9. The summed E-state index contributed by atoms with van der Waals surface area (Å²) < 4.78 is 1.66. The van der Waals surface area contributed by atoms with Crippen molar-refractivity contribution in [2.75, 3.05) is 11.6 Å². The van der Waals surface area contributed by atoms with Crippen LogP contribution in [0.1, 0.15) is 5.69 Å². The molecule has 0 aliphatic carbocycles. The normalized spacial score (nSPS) is 11.0. The first-order valence-corrected chi connectivity index (χ1v) is 9.25. The SMILES string of the molecule is CSc1nc2nnc(-c3ccnc(Nc4ccccc4Cl)n3)c(C)n2n1. The summed E-state index contributed by atoms with van der Waals surface area (Å²) in [5.74, 6) is 0.874. The Morgan fingerprint density at radius 3 is 2.77 bits per heavy atom. The van der Waals surface area contributed by atoms with E-state index in [4.69, 9.17) is 11.6 Å². The van der Waals surface area contributed by atoms with Crippen LogP contribution in [-0.4, -0.2) is 41.0 Å². The lowest BCUT2D eigenvalue weighted by Gasteiger charge is -2.08. The number of hydrogen-bond acceptors (Lipinski definition) is 8. The van der Waals surface area contributed by atoms with E-state index in [1.54, 1.807) is 22.8 Å². The molecule has 0 radical (unpaired) electrons. The first-order chi connectivity index (χ1) is 12.7. The van der Waals surface area contributed by atoms with Crippen LogP contribution in [0, 0.1) is 6.92 Å². The van der Waals surface area contributed by atoms with Crippen molar-refractivity contribution in [2.45, 2.75) is 12.1 Å². The standard InChI is InChI=1S/C16H13ClN8S/c1-9-13(22-23-15-21-16(26-2)24-25(9)15)12-7-8-18-14(20-12)19-11-6-4-3-5-10(11)17/h3-8H,1-2H3,(H,18,19,20). The Kier molecular flexibility index (Phi) is 4.39. The molecule has 3 aromatic heterocycles. The molecule has 0 aliphatic rings. The number of hydrogen-bond donors (Lipinski definition) is 1. The number of nitrogens with zero attached hydrogens (tertiary/aromatic N) is 7. The number of nitrogens with one attached hydrogen (secondary N) is 1. The van der Waals surface area contributed by atoms with Crippen LogP contribution in [0.3, 0.4) is 0 Å². The Hall–Kier alpha value is -2.78. The van der Waals surface area contributed by atoms with Gasteiger partial charge in [0.15, 0.2) is 0 Å². The average molecular weight is 385 g/mol. The molecule has 1 N–H and O–H groups in total. The van der Waals surface area contributed by atoms with Crippen LogP contribution in [0.4, 0.5) is 11.6 Å². The Labute approximate surface area is 158 Å². The van der Waals surface area contributed by atoms with Gasteiger partial charge < -0.3 is 5.32 Å². The average Bonchev–Trinajstić information content (AvgIpc) is 3.09. The number of halogens is 1. The summed E-state index contributed by atoms with van der Waals surface area (Å²) in [5.41, 5.74) is 2.76. The minimum atomic E-state index is 0.417. The van der Waals surface area contributed by atoms with E-state index in [9.17, 15) is 0 Å². The Morgan fingerprint density at radius 2 is 1.96 bits per heavy atom. The molecule has 1 aromatic carbocycles. The first kappa shape index (κ1) is 16.7. The fourth-order valence-corrected chi connectivity index (χ4v) is 2.92. The molecule has 0 bridgehead atoms. The van der Waals surface area contributed by atoms with E-state index in [-0.39, 0.29) is 0 Å². The molecule has 0 unspecified atom stereocenters. The van der Waals surface area contributed by atoms with Gasteiger partial charge in [-0.05, 0) is 31.4 Å². The molecule has 8 nitrogen and oxygen atoms in total. The Morgan fingerprint density at radius 1 is 1.12 bits per heavy atom. The van der Waals surface area contributed by atoms with Crippen LogP contribution in [0.5, 0.6) is 0 Å². The number of rotatable bonds is 4. The Bertz CT molecular complexity index is 1100. The van der Waals surface area contributed by atoms with Crippen molar-refractivity contribution in [3.05, 3.63) is 47.2 Å². The van der Waals surface area contributed by atoms with Crippen molar-refractivity contribution in [3.8, 4) is 11.4 Å². The predicted octanol–water partition coefficient (Wildman–Crippen LogP) is 3.40. The molecule has 4 aromatic rings. The molecule has 0 saturated heterocycles. The second kappa shape index (κ2) is 6.85. The van der Waals surface area contributed by atoms with Crippen LogP contribution in [0.2, 0.25) is 5.02 Å². The third kappa shape index (κ3) is 3.06. The fourth-order valence-electron chi connectivity index (χ4n) is 2.40. The van der Waals surface area contributed by atoms with E-state index >= 15 is 0 Å². The van der Waals surface area contributed by atoms with Crippen molar-refractivity contribution in [3.63, 3.8) is 0 Å². The summed E-state index contributed by atoms with van der Waals surface area (Å²) in [4.78, 5) is 13.1. The number of para-hydroxylation sites is 1. The third-order valence-corrected chi connectivity index (χ3v) is 4.54. The van der Waals surface area contributed by atoms with E-state index < -0.39 is 0 Å². The van der Waals surface area contributed by atoms with Gasteiger partial charge in [0.1, 0.15) is 5.69 Å². The minimum Gasteiger partial charge on any atom is -0.323 e. The van der Waals surface area contributed by atoms with Crippen molar-refractivity contribution < 1.29 is 0 Å². The predicted molar refractivity (Wildman–Crippen MR) is 101 cm³/mol. The quantitative estimate of drug-likeness (QED) is 0.535. The topological polar surface area (TPSA) is 93.8 Å². The van der Waals surface area contributed by atoms with Gasteiger partial charge in [-0.25, -0.2) is 9.97 Å². The fraction of sp³-hybridized carbons (Fsp3) is 0.125. The van der Waals surface area contributed by atoms with Crippen LogP contribution in [0.15, 0.2) is 41.7 Å². The van der Waals surface area contributed by atoms with Gasteiger partial charge in [0.05, 0.1) is 22.1 Å². The second-order valence-corrected chi connectivity index (χ2v) is 6.50. The lowest BCUT2D eigenvalue weighted by molar-refractivity contribution is 0.824. The van der Waals surface area contributed by atoms with E-state index in [1.807, 2.05) is 31.4 Å². The molecule has 26 heavy (non-hydrogen) atoms. The van der Waals surface area contributed by atoms with Crippen molar-refractivity contribution >= 4 is 40.8 Å². The highest BCUT2D eigenvalue weighted by atomic mass is 35.5. The third-order valence-electron chi connectivity index (χ3n) is 3.67. The van der Waals surface area contributed by atoms with Gasteiger partial charge in [-0.2, -0.15) is 9.50 Å². The lowest BCUT2D eigenvalue weighted by Crippen LogP contribution is -2.05. The molecule has 130 valence electrons. The van der Waals surface area contributed by atoms with Crippen molar-refractivity contribution in [2.24, 2.45) is 0 Å². The van der Waals surface area contributed by atoms with Crippen molar-refractivity contribution in [1.82, 2.24) is 34.8 Å². The number of aromatic nitrogens is 7. The highest BCUT2D eigenvalue weighted by molar-refractivity contribution is 7.98. The van der Waals surface area contributed by atoms with E-state index in [1.165, 1.54) is 11.8 Å². The molecular formula is C16H13ClN8S. The monoisotopic (exact) mass is 384 g/mol. The summed E-state index contributed by atoms with van der Waals surface area (Å²) in [6.45, 7) is 1.90. The van der Waals surface area contributed by atoms with Gasteiger partial charge in [-0.3, -0.25) is 0 Å². The maximum Gasteiger partial charge on any atom is 0.272 e. The number of aryl methyl sites for hydroxylation is 1. The zero-order chi connectivity index (χ0) is 18.1. The summed E-state index contributed by atoms with van der Waals surface area (Å²) >= 11 is 7.63. The van der Waals surface area contributed by atoms with Crippen molar-refractivity contribution in [1.29, 1.82) is 0 Å². The largest absolute Gasteiger partial charge is 0.323 e. The van der Waals surface area contributed by atoms with E-state index in [0.29, 0.717) is 33.3 Å².